The normalized spacial score (nSPS) is 11.4. The van der Waals surface area contributed by atoms with Gasteiger partial charge in [-0.05, 0) is 24.3 Å². The summed E-state index contributed by atoms with van der Waals surface area (Å²) in [5.41, 5.74) is 7.01. The number of ether oxygens (including phenoxy) is 1. The molecule has 1 amide bonds. The Labute approximate surface area is 217 Å². The highest BCUT2D eigenvalue weighted by Gasteiger charge is 2.31. The number of hydrogen-bond donors (Lipinski definition) is 2. The van der Waals surface area contributed by atoms with Crippen LogP contribution in [0.3, 0.4) is 0 Å². The second-order valence-electron chi connectivity index (χ2n) is 8.02. The summed E-state index contributed by atoms with van der Waals surface area (Å²) in [7, 11) is 0. The number of benzene rings is 2. The predicted molar refractivity (Wildman–Crippen MR) is 130 cm³/mol. The van der Waals surface area contributed by atoms with Crippen LogP contribution in [-0.2, 0) is 6.54 Å². The van der Waals surface area contributed by atoms with E-state index in [0.717, 1.165) is 12.1 Å². The lowest BCUT2D eigenvalue weighted by atomic mass is 10.2. The monoisotopic (exact) mass is 539 g/mol. The quantitative estimate of drug-likeness (QED) is 0.279. The van der Waals surface area contributed by atoms with Crippen molar-refractivity contribution in [1.82, 2.24) is 24.7 Å². The number of aromatic nitrogens is 5. The SMILES string of the molecule is Nc1nc(-c2cc(-c3ncco3)n(Cc3ccccc3F)n2)ncc1NC(=O)c1cccc(OC(F)(F)F)c1. The van der Waals surface area contributed by atoms with Crippen molar-refractivity contribution in [1.29, 1.82) is 0 Å². The molecule has 0 aliphatic carbocycles. The van der Waals surface area contributed by atoms with Gasteiger partial charge in [-0.3, -0.25) is 9.48 Å². The van der Waals surface area contributed by atoms with Gasteiger partial charge >= 0.3 is 6.36 Å². The van der Waals surface area contributed by atoms with Gasteiger partial charge in [-0.25, -0.2) is 19.3 Å². The molecule has 0 aliphatic rings. The van der Waals surface area contributed by atoms with E-state index in [9.17, 15) is 22.4 Å². The summed E-state index contributed by atoms with van der Waals surface area (Å²) in [5, 5.41) is 6.92. The summed E-state index contributed by atoms with van der Waals surface area (Å²) in [4.78, 5) is 25.1. The number of carbonyl (C=O) groups is 1. The van der Waals surface area contributed by atoms with Crippen molar-refractivity contribution < 1.29 is 31.5 Å². The summed E-state index contributed by atoms with van der Waals surface area (Å²) < 4.78 is 62.5. The van der Waals surface area contributed by atoms with Crippen molar-refractivity contribution in [2.45, 2.75) is 12.9 Å². The van der Waals surface area contributed by atoms with Crippen molar-refractivity contribution in [3.05, 3.63) is 90.2 Å². The molecular formula is C25H17F4N7O3. The molecule has 0 saturated heterocycles. The maximum atomic E-state index is 14.3. The molecule has 3 heterocycles. The van der Waals surface area contributed by atoms with Gasteiger partial charge in [0, 0.05) is 17.2 Å². The van der Waals surface area contributed by atoms with E-state index < -0.39 is 23.8 Å². The first kappa shape index (κ1) is 25.4. The van der Waals surface area contributed by atoms with E-state index in [1.54, 1.807) is 24.3 Å². The van der Waals surface area contributed by atoms with Crippen LogP contribution in [-0.4, -0.2) is 37.0 Å². The lowest BCUT2D eigenvalue weighted by molar-refractivity contribution is -0.274. The van der Waals surface area contributed by atoms with Crippen LogP contribution in [0, 0.1) is 5.82 Å². The van der Waals surface area contributed by atoms with Crippen LogP contribution in [0.1, 0.15) is 15.9 Å². The molecule has 198 valence electrons. The van der Waals surface area contributed by atoms with E-state index in [1.807, 2.05) is 0 Å². The molecule has 3 aromatic heterocycles. The van der Waals surface area contributed by atoms with E-state index in [2.05, 4.69) is 30.1 Å². The first-order valence-electron chi connectivity index (χ1n) is 11.2. The topological polar surface area (TPSA) is 134 Å². The maximum Gasteiger partial charge on any atom is 0.573 e. The Bertz CT molecular complexity index is 1640. The number of oxazole rings is 1. The molecule has 0 saturated carbocycles. The van der Waals surface area contributed by atoms with Gasteiger partial charge in [0.2, 0.25) is 5.89 Å². The summed E-state index contributed by atoms with van der Waals surface area (Å²) in [6.07, 6.45) is -0.844. The minimum Gasteiger partial charge on any atom is -0.443 e. The summed E-state index contributed by atoms with van der Waals surface area (Å²) in [6, 6.07) is 12.4. The first-order valence-corrected chi connectivity index (χ1v) is 11.2. The van der Waals surface area contributed by atoms with Gasteiger partial charge in [-0.2, -0.15) is 5.10 Å². The van der Waals surface area contributed by atoms with Gasteiger partial charge < -0.3 is 20.2 Å². The highest BCUT2D eigenvalue weighted by molar-refractivity contribution is 6.05. The van der Waals surface area contributed by atoms with E-state index in [0.29, 0.717) is 11.3 Å². The molecule has 14 heteroatoms. The summed E-state index contributed by atoms with van der Waals surface area (Å²) >= 11 is 0. The third-order valence-electron chi connectivity index (χ3n) is 5.33. The average Bonchev–Trinajstić information content (AvgIpc) is 3.56. The van der Waals surface area contributed by atoms with E-state index >= 15 is 0 Å². The van der Waals surface area contributed by atoms with Gasteiger partial charge in [0.1, 0.15) is 34.9 Å². The van der Waals surface area contributed by atoms with Crippen molar-refractivity contribution in [3.8, 4) is 28.9 Å². The number of nitrogens with two attached hydrogens (primary N) is 1. The Balaban J connectivity index is 1.40. The number of nitrogen functional groups attached to an aromatic ring is 1. The highest BCUT2D eigenvalue weighted by Crippen LogP contribution is 2.27. The van der Waals surface area contributed by atoms with Crippen molar-refractivity contribution >= 4 is 17.4 Å². The van der Waals surface area contributed by atoms with E-state index in [4.69, 9.17) is 10.2 Å². The standard InChI is InChI=1S/C25H17F4N7O3/c26-17-7-2-1-4-15(17)13-36-20(24-31-8-9-38-24)11-18(35-36)22-32-12-19(21(30)34-22)33-23(37)14-5-3-6-16(10-14)39-25(27,28)29/h1-12H,13H2,(H,33,37)(H2,30,32,34). The molecule has 0 aliphatic heterocycles. The fourth-order valence-corrected chi connectivity index (χ4v) is 3.60. The third-order valence-corrected chi connectivity index (χ3v) is 5.33. The molecule has 10 nitrogen and oxygen atoms in total. The minimum atomic E-state index is -4.90. The fourth-order valence-electron chi connectivity index (χ4n) is 3.60. The molecule has 2 aromatic carbocycles. The minimum absolute atomic E-state index is 0.0182. The number of halogens is 4. The Kier molecular flexibility index (Phi) is 6.66. The zero-order valence-corrected chi connectivity index (χ0v) is 19.7. The number of amides is 1. The molecule has 0 fully saturated rings. The largest absolute Gasteiger partial charge is 0.573 e. The van der Waals surface area contributed by atoms with Crippen LogP contribution in [0.25, 0.3) is 23.1 Å². The van der Waals surface area contributed by atoms with Gasteiger partial charge in [0.05, 0.1) is 18.9 Å². The lowest BCUT2D eigenvalue weighted by Gasteiger charge is -2.11. The molecule has 0 unspecified atom stereocenters. The molecule has 0 atom stereocenters. The first-order chi connectivity index (χ1) is 18.7. The Morgan fingerprint density at radius 3 is 2.64 bits per heavy atom. The number of nitrogens with one attached hydrogen (secondary N) is 1. The van der Waals surface area contributed by atoms with Crippen LogP contribution < -0.4 is 15.8 Å². The van der Waals surface area contributed by atoms with Gasteiger partial charge in [0.25, 0.3) is 5.91 Å². The number of anilines is 2. The fraction of sp³-hybridized carbons (Fsp3) is 0.0800. The second-order valence-corrected chi connectivity index (χ2v) is 8.02. The highest BCUT2D eigenvalue weighted by atomic mass is 19.4. The Hall–Kier alpha value is -5.27. The molecule has 3 N–H and O–H groups in total. The van der Waals surface area contributed by atoms with Crippen molar-refractivity contribution in [2.75, 3.05) is 11.1 Å². The van der Waals surface area contributed by atoms with Crippen LogP contribution in [0.15, 0.2) is 77.7 Å². The van der Waals surface area contributed by atoms with E-state index in [1.165, 1.54) is 41.5 Å². The van der Waals surface area contributed by atoms with Gasteiger partial charge in [0.15, 0.2) is 11.6 Å². The number of hydrogen-bond acceptors (Lipinski definition) is 8. The molecule has 5 aromatic rings. The number of alkyl halides is 3. The average molecular weight is 539 g/mol. The molecule has 5 rings (SSSR count). The number of rotatable bonds is 7. The molecule has 39 heavy (non-hydrogen) atoms. The van der Waals surface area contributed by atoms with E-state index in [-0.39, 0.29) is 41.0 Å². The van der Waals surface area contributed by atoms with Crippen LogP contribution in [0.4, 0.5) is 29.1 Å². The molecule has 0 radical (unpaired) electrons. The predicted octanol–water partition coefficient (Wildman–Crippen LogP) is 4.92. The molecule has 0 spiro atoms. The lowest BCUT2D eigenvalue weighted by Crippen LogP contribution is -2.18. The second kappa shape index (κ2) is 10.2. The molecular weight excluding hydrogens is 522 g/mol. The van der Waals surface area contributed by atoms with Crippen molar-refractivity contribution in [2.24, 2.45) is 0 Å². The van der Waals surface area contributed by atoms with Gasteiger partial charge in [-0.1, -0.05) is 24.3 Å². The number of carbonyl (C=O) groups excluding carboxylic acids is 1. The summed E-state index contributed by atoms with van der Waals surface area (Å²) in [5.74, 6) is -1.53. The zero-order chi connectivity index (χ0) is 27.6. The molecule has 0 bridgehead atoms. The van der Waals surface area contributed by atoms with Gasteiger partial charge in [-0.15, -0.1) is 13.2 Å². The van der Waals surface area contributed by atoms with Crippen molar-refractivity contribution in [3.63, 3.8) is 0 Å². The Morgan fingerprint density at radius 2 is 1.92 bits per heavy atom. The van der Waals surface area contributed by atoms with Crippen LogP contribution in [0.2, 0.25) is 0 Å². The Morgan fingerprint density at radius 1 is 1.10 bits per heavy atom. The number of nitrogens with zero attached hydrogens (tertiary/aromatic N) is 5. The third kappa shape index (κ3) is 5.84. The zero-order valence-electron chi connectivity index (χ0n) is 19.7. The maximum absolute atomic E-state index is 14.3. The van der Waals surface area contributed by atoms with Crippen LogP contribution >= 0.6 is 0 Å². The summed E-state index contributed by atoms with van der Waals surface area (Å²) in [6.45, 7) is 0.0606. The van der Waals surface area contributed by atoms with Crippen LogP contribution in [0.5, 0.6) is 5.75 Å². The smallest absolute Gasteiger partial charge is 0.443 e.